The van der Waals surface area contributed by atoms with Crippen molar-refractivity contribution in [1.29, 1.82) is 0 Å². The first-order valence-electron chi connectivity index (χ1n) is 3.75. The topological polar surface area (TPSA) is 26.3 Å². The Labute approximate surface area is 62.6 Å². The van der Waals surface area contributed by atoms with Crippen LogP contribution in [0.25, 0.3) is 0 Å². The Morgan fingerprint density at radius 1 is 1.40 bits per heavy atom. The molecule has 0 bridgehead atoms. The SMILES string of the molecule is CCO[C@@H](C)C(=O)C(C)C. The molecule has 0 aliphatic carbocycles. The fourth-order valence-electron chi connectivity index (χ4n) is 0.802. The molecule has 0 aliphatic heterocycles. The van der Waals surface area contributed by atoms with Crippen LogP contribution in [0, 0.1) is 5.92 Å². The maximum atomic E-state index is 11.1. The minimum Gasteiger partial charge on any atom is -0.371 e. The lowest BCUT2D eigenvalue weighted by atomic mass is 10.1. The Hall–Kier alpha value is -0.370. The predicted molar refractivity (Wildman–Crippen MR) is 40.9 cm³/mol. The molecule has 0 heterocycles. The van der Waals surface area contributed by atoms with Crippen molar-refractivity contribution in [2.45, 2.75) is 33.8 Å². The third-order valence-corrected chi connectivity index (χ3v) is 1.39. The van der Waals surface area contributed by atoms with Gasteiger partial charge in [0, 0.05) is 12.5 Å². The summed E-state index contributed by atoms with van der Waals surface area (Å²) in [5.74, 6) is 0.267. The molecule has 0 radical (unpaired) electrons. The van der Waals surface area contributed by atoms with Gasteiger partial charge in [-0.15, -0.1) is 0 Å². The minimum atomic E-state index is -0.231. The second kappa shape index (κ2) is 4.45. The zero-order valence-corrected chi connectivity index (χ0v) is 7.18. The van der Waals surface area contributed by atoms with Gasteiger partial charge in [-0.2, -0.15) is 0 Å². The molecule has 0 saturated heterocycles. The van der Waals surface area contributed by atoms with Gasteiger partial charge in [-0.3, -0.25) is 4.79 Å². The minimum absolute atomic E-state index is 0.0848. The number of ether oxygens (including phenoxy) is 1. The van der Waals surface area contributed by atoms with Gasteiger partial charge in [-0.25, -0.2) is 0 Å². The molecule has 0 saturated carbocycles. The van der Waals surface area contributed by atoms with Gasteiger partial charge >= 0.3 is 0 Å². The molecule has 60 valence electrons. The molecule has 0 amide bonds. The molecule has 0 fully saturated rings. The summed E-state index contributed by atoms with van der Waals surface area (Å²) in [6, 6.07) is 0. The van der Waals surface area contributed by atoms with Crippen molar-refractivity contribution in [3.63, 3.8) is 0 Å². The monoisotopic (exact) mass is 144 g/mol. The first-order chi connectivity index (χ1) is 4.59. The lowest BCUT2D eigenvalue weighted by Crippen LogP contribution is -2.24. The van der Waals surface area contributed by atoms with E-state index < -0.39 is 0 Å². The zero-order chi connectivity index (χ0) is 8.15. The Balaban J connectivity index is 3.71. The Morgan fingerprint density at radius 3 is 2.20 bits per heavy atom. The lowest BCUT2D eigenvalue weighted by Gasteiger charge is -2.11. The Bertz CT molecular complexity index is 108. The summed E-state index contributed by atoms with van der Waals surface area (Å²) in [5.41, 5.74) is 0. The van der Waals surface area contributed by atoms with E-state index in [4.69, 9.17) is 4.74 Å². The lowest BCUT2D eigenvalue weighted by molar-refractivity contribution is -0.132. The van der Waals surface area contributed by atoms with E-state index in [1.54, 1.807) is 6.92 Å². The van der Waals surface area contributed by atoms with E-state index in [2.05, 4.69) is 0 Å². The maximum absolute atomic E-state index is 11.1. The van der Waals surface area contributed by atoms with Gasteiger partial charge in [-0.1, -0.05) is 13.8 Å². The second-order valence-electron chi connectivity index (χ2n) is 2.65. The number of Topliss-reactive ketones (excluding diaryl/α,β-unsaturated/α-hetero) is 1. The molecule has 0 aromatic rings. The highest BCUT2D eigenvalue weighted by Gasteiger charge is 2.15. The van der Waals surface area contributed by atoms with Gasteiger partial charge in [0.25, 0.3) is 0 Å². The molecule has 0 aliphatic rings. The number of hydrogen-bond donors (Lipinski definition) is 0. The number of carbonyl (C=O) groups is 1. The van der Waals surface area contributed by atoms with E-state index in [-0.39, 0.29) is 17.8 Å². The van der Waals surface area contributed by atoms with Crippen LogP contribution in [0.1, 0.15) is 27.7 Å². The highest BCUT2D eigenvalue weighted by atomic mass is 16.5. The fourth-order valence-corrected chi connectivity index (χ4v) is 0.802. The van der Waals surface area contributed by atoms with E-state index in [9.17, 15) is 4.79 Å². The van der Waals surface area contributed by atoms with Crippen molar-refractivity contribution in [3.8, 4) is 0 Å². The van der Waals surface area contributed by atoms with E-state index in [0.29, 0.717) is 6.61 Å². The van der Waals surface area contributed by atoms with Crippen LogP contribution >= 0.6 is 0 Å². The van der Waals surface area contributed by atoms with Crippen LogP contribution in [-0.2, 0) is 9.53 Å². The van der Waals surface area contributed by atoms with Crippen LogP contribution in [0.15, 0.2) is 0 Å². The quantitative estimate of drug-likeness (QED) is 0.599. The summed E-state index contributed by atoms with van der Waals surface area (Å²) in [6.07, 6.45) is -0.231. The van der Waals surface area contributed by atoms with Crippen LogP contribution in [0.4, 0.5) is 0 Å². The van der Waals surface area contributed by atoms with E-state index in [1.807, 2.05) is 20.8 Å². The average Bonchev–Trinajstić information content (AvgIpc) is 1.87. The normalized spacial score (nSPS) is 13.7. The molecule has 2 nitrogen and oxygen atoms in total. The molecule has 10 heavy (non-hydrogen) atoms. The molecular weight excluding hydrogens is 128 g/mol. The molecule has 0 unspecified atom stereocenters. The van der Waals surface area contributed by atoms with E-state index in [0.717, 1.165) is 0 Å². The van der Waals surface area contributed by atoms with Crippen molar-refractivity contribution >= 4 is 5.78 Å². The van der Waals surface area contributed by atoms with Gasteiger partial charge in [0.2, 0.25) is 0 Å². The average molecular weight is 144 g/mol. The standard InChI is InChI=1S/C8H16O2/c1-5-10-7(4)8(9)6(2)3/h6-7H,5H2,1-4H3/t7-/m0/s1. The number of carbonyl (C=O) groups excluding carboxylic acids is 1. The Kier molecular flexibility index (Phi) is 4.28. The fraction of sp³-hybridized carbons (Fsp3) is 0.875. The third kappa shape index (κ3) is 2.97. The van der Waals surface area contributed by atoms with Crippen molar-refractivity contribution < 1.29 is 9.53 Å². The second-order valence-corrected chi connectivity index (χ2v) is 2.65. The highest BCUT2D eigenvalue weighted by Crippen LogP contribution is 2.02. The summed E-state index contributed by atoms with van der Waals surface area (Å²) in [5, 5.41) is 0. The number of rotatable bonds is 4. The smallest absolute Gasteiger partial charge is 0.163 e. The molecule has 0 spiro atoms. The molecular formula is C8H16O2. The third-order valence-electron chi connectivity index (χ3n) is 1.39. The predicted octanol–water partition coefficient (Wildman–Crippen LogP) is 1.64. The molecule has 0 N–H and O–H groups in total. The highest BCUT2D eigenvalue weighted by molar-refractivity contribution is 5.84. The molecule has 0 rings (SSSR count). The first kappa shape index (κ1) is 9.63. The van der Waals surface area contributed by atoms with Crippen LogP contribution in [0.3, 0.4) is 0 Å². The van der Waals surface area contributed by atoms with Crippen LogP contribution in [0.2, 0.25) is 0 Å². The first-order valence-corrected chi connectivity index (χ1v) is 3.75. The van der Waals surface area contributed by atoms with Gasteiger partial charge < -0.3 is 4.74 Å². The molecule has 1 atom stereocenters. The van der Waals surface area contributed by atoms with Crippen LogP contribution in [-0.4, -0.2) is 18.5 Å². The van der Waals surface area contributed by atoms with Crippen LogP contribution < -0.4 is 0 Å². The molecule has 0 aromatic carbocycles. The molecule has 0 aromatic heterocycles. The molecule has 2 heteroatoms. The maximum Gasteiger partial charge on any atom is 0.163 e. The zero-order valence-electron chi connectivity index (χ0n) is 7.18. The van der Waals surface area contributed by atoms with Crippen molar-refractivity contribution in [2.75, 3.05) is 6.61 Å². The van der Waals surface area contributed by atoms with Gasteiger partial charge in [0.15, 0.2) is 5.78 Å². The van der Waals surface area contributed by atoms with Crippen molar-refractivity contribution in [1.82, 2.24) is 0 Å². The summed E-state index contributed by atoms with van der Waals surface area (Å²) in [7, 11) is 0. The van der Waals surface area contributed by atoms with Gasteiger partial charge in [0.05, 0.1) is 0 Å². The number of hydrogen-bond acceptors (Lipinski definition) is 2. The summed E-state index contributed by atoms with van der Waals surface area (Å²) in [6.45, 7) is 8.07. The van der Waals surface area contributed by atoms with Gasteiger partial charge in [0.1, 0.15) is 6.10 Å². The van der Waals surface area contributed by atoms with Crippen LogP contribution in [0.5, 0.6) is 0 Å². The summed E-state index contributed by atoms with van der Waals surface area (Å²) >= 11 is 0. The van der Waals surface area contributed by atoms with E-state index in [1.165, 1.54) is 0 Å². The number of ketones is 1. The van der Waals surface area contributed by atoms with Gasteiger partial charge in [-0.05, 0) is 13.8 Å². The Morgan fingerprint density at radius 2 is 1.90 bits per heavy atom. The largest absolute Gasteiger partial charge is 0.371 e. The summed E-state index contributed by atoms with van der Waals surface area (Å²) in [4.78, 5) is 11.1. The summed E-state index contributed by atoms with van der Waals surface area (Å²) < 4.78 is 5.12. The van der Waals surface area contributed by atoms with E-state index >= 15 is 0 Å². The van der Waals surface area contributed by atoms with Crippen molar-refractivity contribution in [2.24, 2.45) is 5.92 Å². The van der Waals surface area contributed by atoms with Crippen molar-refractivity contribution in [3.05, 3.63) is 0 Å².